The fourth-order valence-corrected chi connectivity index (χ4v) is 2.58. The molecule has 2 rings (SSSR count). The Bertz CT molecular complexity index is 240. The lowest BCUT2D eigenvalue weighted by molar-refractivity contribution is -0.125. The molecule has 16 heavy (non-hydrogen) atoms. The van der Waals surface area contributed by atoms with E-state index in [-0.39, 0.29) is 18.1 Å². The van der Waals surface area contributed by atoms with Crippen LogP contribution >= 0.6 is 0 Å². The van der Waals surface area contributed by atoms with Gasteiger partial charge in [0.2, 0.25) is 5.91 Å². The van der Waals surface area contributed by atoms with Crippen molar-refractivity contribution in [1.82, 2.24) is 10.6 Å². The van der Waals surface area contributed by atoms with E-state index in [9.17, 15) is 9.90 Å². The number of aliphatic hydroxyl groups is 1. The highest BCUT2D eigenvalue weighted by Crippen LogP contribution is 2.31. The van der Waals surface area contributed by atoms with E-state index >= 15 is 0 Å². The Morgan fingerprint density at radius 2 is 2.31 bits per heavy atom. The van der Waals surface area contributed by atoms with Crippen molar-refractivity contribution in [1.29, 1.82) is 0 Å². The lowest BCUT2D eigenvalue weighted by Gasteiger charge is -2.41. The van der Waals surface area contributed by atoms with Gasteiger partial charge in [0.15, 0.2) is 0 Å². The summed E-state index contributed by atoms with van der Waals surface area (Å²) in [7, 11) is 0. The molecule has 1 aliphatic carbocycles. The minimum Gasteiger partial charge on any atom is -0.394 e. The molecule has 1 heterocycles. The second kappa shape index (κ2) is 5.15. The van der Waals surface area contributed by atoms with E-state index in [0.29, 0.717) is 12.3 Å². The molecule has 4 heteroatoms. The summed E-state index contributed by atoms with van der Waals surface area (Å²) >= 11 is 0. The maximum Gasteiger partial charge on any atom is 0.220 e. The van der Waals surface area contributed by atoms with Crippen LogP contribution in [0.5, 0.6) is 0 Å². The highest BCUT2D eigenvalue weighted by atomic mass is 16.3. The molecule has 0 aromatic carbocycles. The van der Waals surface area contributed by atoms with Crippen LogP contribution in [0, 0.1) is 5.92 Å². The van der Waals surface area contributed by atoms with E-state index in [1.54, 1.807) is 0 Å². The Morgan fingerprint density at radius 3 is 2.81 bits per heavy atom. The first-order chi connectivity index (χ1) is 7.74. The number of carbonyl (C=O) groups is 1. The van der Waals surface area contributed by atoms with E-state index in [0.717, 1.165) is 38.8 Å². The molecule has 0 bridgehead atoms. The summed E-state index contributed by atoms with van der Waals surface area (Å²) in [4.78, 5) is 11.7. The molecule has 2 fully saturated rings. The molecule has 1 amide bonds. The molecular weight excluding hydrogens is 204 g/mol. The Balaban J connectivity index is 1.67. The van der Waals surface area contributed by atoms with Crippen LogP contribution in [0.2, 0.25) is 0 Å². The zero-order chi connectivity index (χ0) is 11.4. The topological polar surface area (TPSA) is 61.4 Å². The van der Waals surface area contributed by atoms with E-state index in [2.05, 4.69) is 10.6 Å². The van der Waals surface area contributed by atoms with Crippen molar-refractivity contribution < 1.29 is 9.90 Å². The van der Waals surface area contributed by atoms with Gasteiger partial charge in [-0.2, -0.15) is 0 Å². The summed E-state index contributed by atoms with van der Waals surface area (Å²) in [6.45, 7) is 2.23. The number of amides is 1. The van der Waals surface area contributed by atoms with Gasteiger partial charge in [0, 0.05) is 6.42 Å². The number of rotatable bonds is 5. The number of nitrogens with one attached hydrogen (secondary N) is 2. The van der Waals surface area contributed by atoms with Crippen LogP contribution in [0.1, 0.15) is 38.5 Å². The smallest absolute Gasteiger partial charge is 0.220 e. The molecule has 1 saturated heterocycles. The summed E-state index contributed by atoms with van der Waals surface area (Å²) in [5, 5.41) is 15.5. The van der Waals surface area contributed by atoms with Crippen LogP contribution < -0.4 is 10.6 Å². The van der Waals surface area contributed by atoms with Crippen LogP contribution in [0.4, 0.5) is 0 Å². The van der Waals surface area contributed by atoms with E-state index in [1.807, 2.05) is 0 Å². The van der Waals surface area contributed by atoms with Crippen LogP contribution in [-0.4, -0.2) is 36.2 Å². The van der Waals surface area contributed by atoms with Crippen LogP contribution in [-0.2, 0) is 4.79 Å². The summed E-state index contributed by atoms with van der Waals surface area (Å²) in [5.41, 5.74) is -0.273. The van der Waals surface area contributed by atoms with Crippen LogP contribution in [0.25, 0.3) is 0 Å². The van der Waals surface area contributed by atoms with Gasteiger partial charge >= 0.3 is 0 Å². The summed E-state index contributed by atoms with van der Waals surface area (Å²) in [5.74, 6) is 0.776. The van der Waals surface area contributed by atoms with Crippen molar-refractivity contribution >= 4 is 5.91 Å². The van der Waals surface area contributed by atoms with Crippen LogP contribution in [0.3, 0.4) is 0 Å². The van der Waals surface area contributed by atoms with Gasteiger partial charge in [-0.3, -0.25) is 4.79 Å². The number of hydrogen-bond acceptors (Lipinski definition) is 3. The molecule has 1 saturated carbocycles. The fraction of sp³-hybridized carbons (Fsp3) is 0.917. The second-order valence-corrected chi connectivity index (χ2v) is 5.24. The van der Waals surface area contributed by atoms with Crippen molar-refractivity contribution in [2.45, 2.75) is 44.1 Å². The Kier molecular flexibility index (Phi) is 3.82. The average Bonchev–Trinajstić information content (AvgIpc) is 2.73. The second-order valence-electron chi connectivity index (χ2n) is 5.24. The monoisotopic (exact) mass is 226 g/mol. The lowest BCUT2D eigenvalue weighted by Crippen LogP contribution is -2.56. The molecule has 0 aromatic rings. The molecule has 4 nitrogen and oxygen atoms in total. The molecule has 92 valence electrons. The standard InChI is InChI=1S/C12H22N2O2/c15-9-12(5-1-6-12)14-11(16)3-2-10-4-7-13-8-10/h10,13,15H,1-9H2,(H,14,16). The normalized spacial score (nSPS) is 27.4. The highest BCUT2D eigenvalue weighted by Gasteiger charge is 2.37. The highest BCUT2D eigenvalue weighted by molar-refractivity contribution is 5.77. The van der Waals surface area contributed by atoms with Gasteiger partial charge < -0.3 is 15.7 Å². The minimum absolute atomic E-state index is 0.0870. The molecule has 1 aliphatic heterocycles. The molecule has 1 unspecified atom stereocenters. The van der Waals surface area contributed by atoms with Crippen LogP contribution in [0.15, 0.2) is 0 Å². The first kappa shape index (κ1) is 11.9. The quantitative estimate of drug-likeness (QED) is 0.636. The summed E-state index contributed by atoms with van der Waals surface area (Å²) < 4.78 is 0. The zero-order valence-corrected chi connectivity index (χ0v) is 9.80. The van der Waals surface area contributed by atoms with Gasteiger partial charge in [-0.1, -0.05) is 0 Å². The molecule has 3 N–H and O–H groups in total. The lowest BCUT2D eigenvalue weighted by atomic mass is 9.77. The van der Waals surface area contributed by atoms with Gasteiger partial charge in [0.05, 0.1) is 12.1 Å². The predicted molar refractivity (Wildman–Crippen MR) is 62.0 cm³/mol. The third-order valence-electron chi connectivity index (χ3n) is 3.96. The largest absolute Gasteiger partial charge is 0.394 e. The van der Waals surface area contributed by atoms with Crippen molar-refractivity contribution in [3.63, 3.8) is 0 Å². The van der Waals surface area contributed by atoms with Gasteiger partial charge in [0.25, 0.3) is 0 Å². The minimum atomic E-state index is -0.273. The molecular formula is C12H22N2O2. The first-order valence-corrected chi connectivity index (χ1v) is 6.37. The average molecular weight is 226 g/mol. The Labute approximate surface area is 96.8 Å². The SMILES string of the molecule is O=C(CCC1CCNC1)NC1(CO)CCC1. The fourth-order valence-electron chi connectivity index (χ4n) is 2.58. The maximum absolute atomic E-state index is 11.7. The molecule has 2 aliphatic rings. The third-order valence-corrected chi connectivity index (χ3v) is 3.96. The molecule has 0 radical (unpaired) electrons. The van der Waals surface area contributed by atoms with Crippen molar-refractivity contribution in [3.05, 3.63) is 0 Å². The maximum atomic E-state index is 11.7. The van der Waals surface area contributed by atoms with E-state index in [4.69, 9.17) is 0 Å². The Hall–Kier alpha value is -0.610. The molecule has 1 atom stereocenters. The molecule has 0 spiro atoms. The van der Waals surface area contributed by atoms with Crippen molar-refractivity contribution in [2.24, 2.45) is 5.92 Å². The predicted octanol–water partition coefficient (Wildman–Crippen LogP) is 0.407. The number of carbonyl (C=O) groups excluding carboxylic acids is 1. The number of aliphatic hydroxyl groups excluding tert-OH is 1. The molecule has 0 aromatic heterocycles. The van der Waals surface area contributed by atoms with Crippen molar-refractivity contribution in [2.75, 3.05) is 19.7 Å². The Morgan fingerprint density at radius 1 is 1.50 bits per heavy atom. The van der Waals surface area contributed by atoms with Gasteiger partial charge in [0.1, 0.15) is 0 Å². The number of hydrogen-bond donors (Lipinski definition) is 3. The van der Waals surface area contributed by atoms with Gasteiger partial charge in [-0.15, -0.1) is 0 Å². The van der Waals surface area contributed by atoms with Crippen molar-refractivity contribution in [3.8, 4) is 0 Å². The third kappa shape index (κ3) is 2.74. The van der Waals surface area contributed by atoms with Gasteiger partial charge in [-0.05, 0) is 51.1 Å². The zero-order valence-electron chi connectivity index (χ0n) is 9.80. The van der Waals surface area contributed by atoms with Gasteiger partial charge in [-0.25, -0.2) is 0 Å². The van der Waals surface area contributed by atoms with E-state index < -0.39 is 0 Å². The first-order valence-electron chi connectivity index (χ1n) is 6.37. The summed E-state index contributed by atoms with van der Waals surface area (Å²) in [6, 6.07) is 0. The summed E-state index contributed by atoms with van der Waals surface area (Å²) in [6.07, 6.45) is 5.75. The van der Waals surface area contributed by atoms with E-state index in [1.165, 1.54) is 6.42 Å².